The Bertz CT molecular complexity index is 375. The molecule has 1 aliphatic rings. The van der Waals surface area contributed by atoms with Crippen molar-refractivity contribution >= 4 is 12.2 Å². The van der Waals surface area contributed by atoms with Gasteiger partial charge in [0.1, 0.15) is 5.82 Å². The molecule has 5 heteroatoms. The summed E-state index contributed by atoms with van der Waals surface area (Å²) in [6.45, 7) is 7.65. The van der Waals surface area contributed by atoms with Crippen LogP contribution in [0.15, 0.2) is 0 Å². The summed E-state index contributed by atoms with van der Waals surface area (Å²) in [6.07, 6.45) is 2.67. The van der Waals surface area contributed by atoms with E-state index in [1.165, 1.54) is 25.9 Å². The molecule has 1 saturated heterocycles. The Morgan fingerprint density at radius 2 is 2.13 bits per heavy atom. The molecule has 2 rings (SSSR count). The van der Waals surface area contributed by atoms with Gasteiger partial charge in [0.15, 0.2) is 4.77 Å². The van der Waals surface area contributed by atoms with Crippen LogP contribution in [0.4, 0.5) is 0 Å². The quantitative estimate of drug-likeness (QED) is 0.798. The van der Waals surface area contributed by atoms with Gasteiger partial charge in [0.25, 0.3) is 0 Å². The molecule has 1 aromatic rings. The second-order valence-electron chi connectivity index (χ2n) is 4.28. The first-order chi connectivity index (χ1) is 7.18. The minimum absolute atomic E-state index is 0.551. The van der Waals surface area contributed by atoms with E-state index in [2.05, 4.69) is 26.6 Å². The smallest absolute Gasteiger partial charge is 0.195 e. The van der Waals surface area contributed by atoms with Crippen molar-refractivity contribution in [3.63, 3.8) is 0 Å². The molecular formula is C10H18N4S. The van der Waals surface area contributed by atoms with Crippen molar-refractivity contribution in [2.45, 2.75) is 39.3 Å². The summed E-state index contributed by atoms with van der Waals surface area (Å²) < 4.78 is 2.82. The lowest BCUT2D eigenvalue weighted by Crippen LogP contribution is -2.33. The van der Waals surface area contributed by atoms with Crippen molar-refractivity contribution in [3.8, 4) is 0 Å². The second kappa shape index (κ2) is 4.45. The Labute approximate surface area is 95.3 Å². The molecule has 1 atom stereocenters. The number of nitrogens with one attached hydrogen (secondary N) is 1. The van der Waals surface area contributed by atoms with E-state index in [9.17, 15) is 0 Å². The summed E-state index contributed by atoms with van der Waals surface area (Å²) in [5, 5.41) is 6.95. The maximum atomic E-state index is 5.19. The molecule has 15 heavy (non-hydrogen) atoms. The molecule has 4 nitrogen and oxygen atoms in total. The van der Waals surface area contributed by atoms with Crippen LogP contribution in [0.2, 0.25) is 0 Å². The van der Waals surface area contributed by atoms with Gasteiger partial charge in [0.05, 0.1) is 0 Å². The topological polar surface area (TPSA) is 36.9 Å². The maximum absolute atomic E-state index is 5.19. The van der Waals surface area contributed by atoms with E-state index in [1.54, 1.807) is 0 Å². The fourth-order valence-corrected chi connectivity index (χ4v) is 2.43. The SMILES string of the molecule is Cc1n[nH]c(=S)n1CC(C)N1CCCC1. The highest BCUT2D eigenvalue weighted by atomic mass is 32.1. The molecule has 0 radical (unpaired) electrons. The molecule has 84 valence electrons. The van der Waals surface area contributed by atoms with Crippen LogP contribution >= 0.6 is 12.2 Å². The highest BCUT2D eigenvalue weighted by Gasteiger charge is 2.18. The third-order valence-electron chi connectivity index (χ3n) is 3.16. The molecule has 1 N–H and O–H groups in total. The summed E-state index contributed by atoms with van der Waals surface area (Å²) in [4.78, 5) is 2.52. The number of H-pyrrole nitrogens is 1. The Kier molecular flexibility index (Phi) is 3.21. The van der Waals surface area contributed by atoms with Gasteiger partial charge in [-0.15, -0.1) is 0 Å². The largest absolute Gasteiger partial charge is 0.303 e. The molecular weight excluding hydrogens is 208 g/mol. The van der Waals surface area contributed by atoms with Gasteiger partial charge in [-0.3, -0.25) is 10.00 Å². The predicted molar refractivity (Wildman–Crippen MR) is 62.4 cm³/mol. The van der Waals surface area contributed by atoms with Gasteiger partial charge in [-0.1, -0.05) is 0 Å². The first-order valence-electron chi connectivity index (χ1n) is 5.54. The summed E-state index contributed by atoms with van der Waals surface area (Å²) in [7, 11) is 0. The zero-order valence-corrected chi connectivity index (χ0v) is 10.2. The average molecular weight is 226 g/mol. The molecule has 0 aromatic carbocycles. The van der Waals surface area contributed by atoms with E-state index in [1.807, 2.05) is 6.92 Å². The maximum Gasteiger partial charge on any atom is 0.195 e. The number of nitrogens with zero attached hydrogens (tertiary/aromatic N) is 3. The molecule has 0 bridgehead atoms. The highest BCUT2D eigenvalue weighted by molar-refractivity contribution is 7.71. The van der Waals surface area contributed by atoms with Crippen molar-refractivity contribution in [1.29, 1.82) is 0 Å². The molecule has 0 amide bonds. The van der Waals surface area contributed by atoms with Crippen molar-refractivity contribution in [2.75, 3.05) is 13.1 Å². The van der Waals surface area contributed by atoms with Gasteiger partial charge in [0.2, 0.25) is 0 Å². The molecule has 0 aliphatic carbocycles. The number of hydrogen-bond donors (Lipinski definition) is 1. The van der Waals surface area contributed by atoms with Gasteiger partial charge in [0, 0.05) is 12.6 Å². The first kappa shape index (κ1) is 10.8. The van der Waals surface area contributed by atoms with E-state index in [4.69, 9.17) is 12.2 Å². The number of aryl methyl sites for hydroxylation is 1. The van der Waals surface area contributed by atoms with Gasteiger partial charge in [-0.25, -0.2) is 0 Å². The Balaban J connectivity index is 2.04. The van der Waals surface area contributed by atoms with Crippen LogP contribution in [0.1, 0.15) is 25.6 Å². The zero-order valence-electron chi connectivity index (χ0n) is 9.36. The van der Waals surface area contributed by atoms with Crippen LogP contribution in [0, 0.1) is 11.7 Å². The number of rotatable bonds is 3. The number of hydrogen-bond acceptors (Lipinski definition) is 3. The van der Waals surface area contributed by atoms with Crippen LogP contribution < -0.4 is 0 Å². The molecule has 0 spiro atoms. The number of likely N-dealkylation sites (tertiary alicyclic amines) is 1. The van der Waals surface area contributed by atoms with Crippen molar-refractivity contribution in [1.82, 2.24) is 19.7 Å². The summed E-state index contributed by atoms with van der Waals surface area (Å²) in [5.41, 5.74) is 0. The summed E-state index contributed by atoms with van der Waals surface area (Å²) in [6, 6.07) is 0.551. The number of aromatic nitrogens is 3. The van der Waals surface area contributed by atoms with E-state index < -0.39 is 0 Å². The Morgan fingerprint density at radius 1 is 1.47 bits per heavy atom. The number of aromatic amines is 1. The van der Waals surface area contributed by atoms with Crippen LogP contribution in [0.3, 0.4) is 0 Å². The lowest BCUT2D eigenvalue weighted by atomic mass is 10.3. The summed E-state index contributed by atoms with van der Waals surface area (Å²) >= 11 is 5.19. The van der Waals surface area contributed by atoms with Gasteiger partial charge < -0.3 is 4.57 Å². The third-order valence-corrected chi connectivity index (χ3v) is 3.47. The lowest BCUT2D eigenvalue weighted by molar-refractivity contribution is 0.234. The standard InChI is InChI=1S/C10H18N4S/c1-8(13-5-3-4-6-13)7-14-9(2)11-12-10(14)15/h8H,3-7H2,1-2H3,(H,12,15). The molecule has 1 unspecified atom stereocenters. The van der Waals surface area contributed by atoms with E-state index in [-0.39, 0.29) is 0 Å². The molecule has 1 fully saturated rings. The van der Waals surface area contributed by atoms with Crippen molar-refractivity contribution < 1.29 is 0 Å². The van der Waals surface area contributed by atoms with Gasteiger partial charge in [-0.05, 0) is 52.0 Å². The van der Waals surface area contributed by atoms with Crippen LogP contribution in [0.5, 0.6) is 0 Å². The summed E-state index contributed by atoms with van der Waals surface area (Å²) in [5.74, 6) is 0.978. The third kappa shape index (κ3) is 2.29. The van der Waals surface area contributed by atoms with Crippen molar-refractivity contribution in [3.05, 3.63) is 10.6 Å². The van der Waals surface area contributed by atoms with E-state index in [0.29, 0.717) is 6.04 Å². The molecule has 1 aromatic heterocycles. The Morgan fingerprint density at radius 3 is 2.67 bits per heavy atom. The average Bonchev–Trinajstić information content (AvgIpc) is 2.82. The molecule has 1 aliphatic heterocycles. The fourth-order valence-electron chi connectivity index (χ4n) is 2.17. The highest BCUT2D eigenvalue weighted by Crippen LogP contribution is 2.13. The monoisotopic (exact) mass is 226 g/mol. The van der Waals surface area contributed by atoms with Crippen LogP contribution in [-0.2, 0) is 6.54 Å². The van der Waals surface area contributed by atoms with Gasteiger partial charge >= 0.3 is 0 Å². The van der Waals surface area contributed by atoms with E-state index in [0.717, 1.165) is 17.1 Å². The Hall–Kier alpha value is -0.680. The minimum atomic E-state index is 0.551. The second-order valence-corrected chi connectivity index (χ2v) is 4.67. The minimum Gasteiger partial charge on any atom is -0.303 e. The predicted octanol–water partition coefficient (Wildman–Crippen LogP) is 1.73. The fraction of sp³-hybridized carbons (Fsp3) is 0.800. The molecule has 2 heterocycles. The zero-order chi connectivity index (χ0) is 10.8. The molecule has 0 saturated carbocycles. The van der Waals surface area contributed by atoms with Crippen LogP contribution in [0.25, 0.3) is 0 Å². The normalized spacial score (nSPS) is 19.6. The van der Waals surface area contributed by atoms with Crippen molar-refractivity contribution in [2.24, 2.45) is 0 Å². The lowest BCUT2D eigenvalue weighted by Gasteiger charge is -2.24. The van der Waals surface area contributed by atoms with Crippen LogP contribution in [-0.4, -0.2) is 38.8 Å². The van der Waals surface area contributed by atoms with Gasteiger partial charge in [-0.2, -0.15) is 5.10 Å². The van der Waals surface area contributed by atoms with E-state index >= 15 is 0 Å². The first-order valence-corrected chi connectivity index (χ1v) is 5.95.